The van der Waals surface area contributed by atoms with E-state index in [1.54, 1.807) is 44.2 Å². The summed E-state index contributed by atoms with van der Waals surface area (Å²) in [6.45, 7) is 3.28. The molecular formula is C22H18ClF2N5O2S. The van der Waals surface area contributed by atoms with E-state index in [4.69, 9.17) is 17.3 Å². The Morgan fingerprint density at radius 3 is 2.52 bits per heavy atom. The van der Waals surface area contributed by atoms with Gasteiger partial charge in [0.15, 0.2) is 0 Å². The largest absolute Gasteiger partial charge is 0.365 e. The zero-order valence-electron chi connectivity index (χ0n) is 17.5. The number of anilines is 1. The molecule has 3 N–H and O–H groups in total. The number of benzene rings is 1. The number of rotatable bonds is 6. The molecule has 3 heterocycles. The van der Waals surface area contributed by atoms with E-state index in [9.17, 15) is 18.4 Å². The van der Waals surface area contributed by atoms with Crippen LogP contribution in [0.4, 0.5) is 14.5 Å². The van der Waals surface area contributed by atoms with Gasteiger partial charge < -0.3 is 11.1 Å². The summed E-state index contributed by atoms with van der Waals surface area (Å²) < 4.78 is 28.5. The fourth-order valence-electron chi connectivity index (χ4n) is 3.51. The van der Waals surface area contributed by atoms with Crippen LogP contribution in [0.1, 0.15) is 33.2 Å². The van der Waals surface area contributed by atoms with Crippen LogP contribution in [0.15, 0.2) is 36.4 Å². The molecule has 1 aromatic carbocycles. The molecule has 2 amide bonds. The van der Waals surface area contributed by atoms with Crippen LogP contribution in [0.2, 0.25) is 5.02 Å². The number of pyridine rings is 1. The van der Waals surface area contributed by atoms with Crippen LogP contribution in [0.5, 0.6) is 0 Å². The molecule has 0 fully saturated rings. The summed E-state index contributed by atoms with van der Waals surface area (Å²) in [7, 11) is 0. The van der Waals surface area contributed by atoms with Crippen LogP contribution in [0.3, 0.4) is 0 Å². The molecule has 0 atom stereocenters. The number of nitrogens with one attached hydrogen (secondary N) is 1. The van der Waals surface area contributed by atoms with Crippen LogP contribution in [0.25, 0.3) is 21.3 Å². The Kier molecular flexibility index (Phi) is 6.13. The lowest BCUT2D eigenvalue weighted by Gasteiger charge is -2.11. The average molecular weight is 490 g/mol. The molecule has 0 saturated carbocycles. The van der Waals surface area contributed by atoms with Gasteiger partial charge in [-0.1, -0.05) is 41.9 Å². The number of amides is 2. The summed E-state index contributed by atoms with van der Waals surface area (Å²) >= 11 is 7.01. The number of alkyl halides is 2. The third kappa shape index (κ3) is 4.31. The summed E-state index contributed by atoms with van der Waals surface area (Å²) in [5.74, 6) is -1.29. The number of nitrogens with two attached hydrogens (primary N) is 1. The lowest BCUT2D eigenvalue weighted by Crippen LogP contribution is -2.22. The highest BCUT2D eigenvalue weighted by molar-refractivity contribution is 7.21. The minimum absolute atomic E-state index is 0.0147. The highest BCUT2D eigenvalue weighted by Gasteiger charge is 2.25. The SMILES string of the molecule is Cc1nn(CC(=O)Nc2c(C(N)=O)sc3nc(C(F)F)cc(-c4ccccc4)c23)c(C)c1Cl. The van der Waals surface area contributed by atoms with Gasteiger partial charge in [-0.2, -0.15) is 5.10 Å². The Morgan fingerprint density at radius 1 is 1.24 bits per heavy atom. The van der Waals surface area contributed by atoms with Crippen molar-refractivity contribution < 1.29 is 18.4 Å². The van der Waals surface area contributed by atoms with Crippen molar-refractivity contribution in [1.82, 2.24) is 14.8 Å². The van der Waals surface area contributed by atoms with Gasteiger partial charge in [0.2, 0.25) is 5.91 Å². The van der Waals surface area contributed by atoms with Gasteiger partial charge in [-0.05, 0) is 31.0 Å². The number of aromatic nitrogens is 3. The zero-order chi connectivity index (χ0) is 23.9. The third-order valence-corrected chi connectivity index (χ3v) is 6.71. The quantitative estimate of drug-likeness (QED) is 0.393. The second-order valence-electron chi connectivity index (χ2n) is 7.30. The van der Waals surface area contributed by atoms with Crippen LogP contribution in [-0.4, -0.2) is 26.6 Å². The molecule has 7 nitrogen and oxygen atoms in total. The lowest BCUT2D eigenvalue weighted by atomic mass is 10.0. The maximum atomic E-state index is 13.5. The molecular weight excluding hydrogens is 472 g/mol. The van der Waals surface area contributed by atoms with Crippen LogP contribution >= 0.6 is 22.9 Å². The summed E-state index contributed by atoms with van der Waals surface area (Å²) in [6.07, 6.45) is -2.81. The van der Waals surface area contributed by atoms with Crippen LogP contribution < -0.4 is 11.1 Å². The molecule has 11 heteroatoms. The van der Waals surface area contributed by atoms with E-state index in [1.807, 2.05) is 0 Å². The molecule has 0 saturated heterocycles. The maximum Gasteiger partial charge on any atom is 0.280 e. The fourth-order valence-corrected chi connectivity index (χ4v) is 4.66. The van der Waals surface area contributed by atoms with Gasteiger partial charge in [0.05, 0.1) is 22.1 Å². The van der Waals surface area contributed by atoms with E-state index >= 15 is 0 Å². The highest BCUT2D eigenvalue weighted by atomic mass is 35.5. The van der Waals surface area contributed by atoms with E-state index in [0.717, 1.165) is 11.3 Å². The molecule has 33 heavy (non-hydrogen) atoms. The lowest BCUT2D eigenvalue weighted by molar-refractivity contribution is -0.116. The molecule has 0 aliphatic heterocycles. The van der Waals surface area contributed by atoms with Crippen molar-refractivity contribution in [1.29, 1.82) is 0 Å². The first kappa shape index (κ1) is 22.8. The number of primary amides is 1. The van der Waals surface area contributed by atoms with E-state index in [-0.39, 0.29) is 21.9 Å². The normalized spacial score (nSPS) is 11.3. The van der Waals surface area contributed by atoms with Gasteiger partial charge in [0.25, 0.3) is 12.3 Å². The Hall–Kier alpha value is -3.37. The number of carbonyl (C=O) groups is 2. The highest BCUT2D eigenvalue weighted by Crippen LogP contribution is 2.42. The Morgan fingerprint density at radius 2 is 1.94 bits per heavy atom. The van der Waals surface area contributed by atoms with E-state index < -0.39 is 23.9 Å². The van der Waals surface area contributed by atoms with Crippen molar-refractivity contribution in [3.8, 4) is 11.1 Å². The topological polar surface area (TPSA) is 103 Å². The molecule has 0 bridgehead atoms. The first-order chi connectivity index (χ1) is 15.7. The number of fused-ring (bicyclic) bond motifs is 1. The molecule has 3 aromatic heterocycles. The predicted octanol–water partition coefficient (Wildman–Crippen LogP) is 5.11. The summed E-state index contributed by atoms with van der Waals surface area (Å²) in [4.78, 5) is 29.3. The molecule has 0 aliphatic rings. The van der Waals surface area contributed by atoms with Crippen molar-refractivity contribution >= 4 is 50.7 Å². The molecule has 0 aliphatic carbocycles. The van der Waals surface area contributed by atoms with Gasteiger partial charge in [-0.15, -0.1) is 11.3 Å². The molecule has 170 valence electrons. The summed E-state index contributed by atoms with van der Waals surface area (Å²) in [6, 6.07) is 10.1. The van der Waals surface area contributed by atoms with E-state index in [1.165, 1.54) is 10.7 Å². The second kappa shape index (κ2) is 8.87. The summed E-state index contributed by atoms with van der Waals surface area (Å²) in [5, 5.41) is 7.77. The van der Waals surface area contributed by atoms with Gasteiger partial charge in [-0.25, -0.2) is 13.8 Å². The maximum absolute atomic E-state index is 13.5. The van der Waals surface area contributed by atoms with Crippen molar-refractivity contribution in [2.75, 3.05) is 5.32 Å². The number of hydrogen-bond acceptors (Lipinski definition) is 5. The number of halogens is 3. The smallest absolute Gasteiger partial charge is 0.280 e. The number of carbonyl (C=O) groups excluding carboxylic acids is 2. The second-order valence-corrected chi connectivity index (χ2v) is 8.68. The van der Waals surface area contributed by atoms with Crippen molar-refractivity contribution in [3.63, 3.8) is 0 Å². The molecule has 0 unspecified atom stereocenters. The number of aryl methyl sites for hydroxylation is 1. The molecule has 4 rings (SSSR count). The average Bonchev–Trinajstić information content (AvgIpc) is 3.26. The Labute approximate surface area is 196 Å². The standard InChI is InChI=1S/C22H18ClF2N5O2S/c1-10-17(23)11(2)30(29-10)9-15(31)28-18-16-13(12-6-4-3-5-7-12)8-14(20(24)25)27-22(16)33-19(18)21(26)32/h3-8,20H,9H2,1-2H3,(H2,26,32)(H,28,31). The van der Waals surface area contributed by atoms with Crippen LogP contribution in [0, 0.1) is 13.8 Å². The summed E-state index contributed by atoms with van der Waals surface area (Å²) in [5.41, 5.74) is 7.47. The molecule has 4 aromatic rings. The van der Waals surface area contributed by atoms with Crippen molar-refractivity contribution in [3.05, 3.63) is 63.4 Å². The van der Waals surface area contributed by atoms with Crippen molar-refractivity contribution in [2.45, 2.75) is 26.8 Å². The first-order valence-electron chi connectivity index (χ1n) is 9.77. The van der Waals surface area contributed by atoms with Crippen molar-refractivity contribution in [2.24, 2.45) is 5.73 Å². The monoisotopic (exact) mass is 489 g/mol. The minimum Gasteiger partial charge on any atom is -0.365 e. The molecule has 0 spiro atoms. The predicted molar refractivity (Wildman–Crippen MR) is 124 cm³/mol. The van der Waals surface area contributed by atoms with E-state index in [2.05, 4.69) is 15.4 Å². The zero-order valence-corrected chi connectivity index (χ0v) is 19.1. The van der Waals surface area contributed by atoms with Gasteiger partial charge >= 0.3 is 0 Å². The number of thiophene rings is 1. The fraction of sp³-hybridized carbons (Fsp3) is 0.182. The first-order valence-corrected chi connectivity index (χ1v) is 11.0. The van der Waals surface area contributed by atoms with Gasteiger partial charge in [-0.3, -0.25) is 14.3 Å². The number of hydrogen-bond donors (Lipinski definition) is 2. The number of nitrogens with zero attached hydrogens (tertiary/aromatic N) is 3. The Balaban J connectivity index is 1.86. The molecule has 0 radical (unpaired) electrons. The van der Waals surface area contributed by atoms with Gasteiger partial charge in [0, 0.05) is 5.39 Å². The van der Waals surface area contributed by atoms with Crippen LogP contribution in [-0.2, 0) is 11.3 Å². The third-order valence-electron chi connectivity index (χ3n) is 5.07. The van der Waals surface area contributed by atoms with E-state index in [0.29, 0.717) is 32.9 Å². The Bertz CT molecular complexity index is 1380. The van der Waals surface area contributed by atoms with Gasteiger partial charge in [0.1, 0.15) is 21.9 Å². The minimum atomic E-state index is -2.81.